The molecule has 2 aromatic carbocycles. The average molecular weight is 483 g/mol. The Morgan fingerprint density at radius 1 is 1.18 bits per heavy atom. The minimum atomic E-state index is -1.26. The molecule has 4 rings (SSSR count). The smallest absolute Gasteiger partial charge is 0.347 e. The Kier molecular flexibility index (Phi) is 7.26. The third-order valence-corrected chi connectivity index (χ3v) is 6.50. The van der Waals surface area contributed by atoms with Gasteiger partial charge in [-0.15, -0.1) is 11.3 Å². The first-order chi connectivity index (χ1) is 16.5. The Morgan fingerprint density at radius 2 is 1.94 bits per heavy atom. The van der Waals surface area contributed by atoms with Crippen LogP contribution in [0.25, 0.3) is 31.8 Å². The fraction of sp³-hybridized carbons (Fsp3) is 0.320. The molecule has 1 atom stereocenters. The normalized spacial score (nSPS) is 12.2. The second kappa shape index (κ2) is 10.3. The van der Waals surface area contributed by atoms with Crippen LogP contribution in [-0.2, 0) is 9.47 Å². The minimum absolute atomic E-state index is 0.0418. The van der Waals surface area contributed by atoms with E-state index in [0.717, 1.165) is 23.5 Å². The zero-order chi connectivity index (χ0) is 24.2. The Hall–Kier alpha value is -3.27. The van der Waals surface area contributed by atoms with Gasteiger partial charge in [0.25, 0.3) is 0 Å². The summed E-state index contributed by atoms with van der Waals surface area (Å²) in [4.78, 5) is 33.1. The number of nitrogens with zero attached hydrogens (tertiary/aromatic N) is 2. The van der Waals surface area contributed by atoms with Crippen molar-refractivity contribution in [2.45, 2.75) is 27.1 Å². The van der Waals surface area contributed by atoms with Crippen LogP contribution in [0.5, 0.6) is 0 Å². The highest BCUT2D eigenvalue weighted by Crippen LogP contribution is 2.34. The Morgan fingerprint density at radius 3 is 2.65 bits per heavy atom. The summed E-state index contributed by atoms with van der Waals surface area (Å²) in [6.45, 7) is 7.24. The summed E-state index contributed by atoms with van der Waals surface area (Å²) in [6, 6.07) is 12.8. The lowest BCUT2D eigenvalue weighted by molar-refractivity contribution is -0.123. The van der Waals surface area contributed by atoms with Crippen molar-refractivity contribution in [3.05, 3.63) is 58.4 Å². The summed E-state index contributed by atoms with van der Waals surface area (Å²) in [5, 5.41) is 10.6. The highest BCUT2D eigenvalue weighted by atomic mass is 32.1. The van der Waals surface area contributed by atoms with E-state index in [1.807, 2.05) is 44.2 Å². The lowest BCUT2D eigenvalue weighted by Gasteiger charge is -2.21. The molecule has 0 spiro atoms. The zero-order valence-corrected chi connectivity index (χ0v) is 20.1. The van der Waals surface area contributed by atoms with Gasteiger partial charge in [-0.25, -0.2) is 14.6 Å². The fourth-order valence-electron chi connectivity index (χ4n) is 3.82. The van der Waals surface area contributed by atoms with Crippen molar-refractivity contribution < 1.29 is 23.8 Å². The van der Waals surface area contributed by atoms with Gasteiger partial charge < -0.3 is 23.9 Å². The largest absolute Gasteiger partial charge is 0.457 e. The number of carbonyl (C=O) groups is 1. The molecule has 0 bridgehead atoms. The van der Waals surface area contributed by atoms with Gasteiger partial charge in [0.2, 0.25) is 0 Å². The molecule has 2 aromatic heterocycles. The van der Waals surface area contributed by atoms with Crippen molar-refractivity contribution in [1.29, 1.82) is 0 Å². The molecule has 1 unspecified atom stereocenters. The maximum absolute atomic E-state index is 13.3. The van der Waals surface area contributed by atoms with E-state index in [1.165, 1.54) is 11.3 Å². The second-order valence-electron chi connectivity index (χ2n) is 7.49. The van der Waals surface area contributed by atoms with Crippen LogP contribution in [0.3, 0.4) is 0 Å². The number of aliphatic hydroxyl groups excluding tert-OH is 1. The van der Waals surface area contributed by atoms with Crippen molar-refractivity contribution in [1.82, 2.24) is 4.98 Å². The molecule has 0 fully saturated rings. The molecule has 0 aliphatic rings. The molecule has 1 N–H and O–H groups in total. The summed E-state index contributed by atoms with van der Waals surface area (Å²) in [5.41, 5.74) is 1.28. The van der Waals surface area contributed by atoms with Gasteiger partial charge in [-0.3, -0.25) is 0 Å². The molecule has 4 aromatic rings. The number of esters is 1. The van der Waals surface area contributed by atoms with E-state index in [4.69, 9.17) is 13.9 Å². The maximum Gasteiger partial charge on any atom is 0.347 e. The Labute approximate surface area is 200 Å². The first-order valence-corrected chi connectivity index (χ1v) is 12.0. The topological polar surface area (TPSA) is 102 Å². The van der Waals surface area contributed by atoms with Gasteiger partial charge in [0.1, 0.15) is 22.8 Å². The third kappa shape index (κ3) is 4.68. The maximum atomic E-state index is 13.3. The molecular formula is C25H26N2O6S. The van der Waals surface area contributed by atoms with E-state index < -0.39 is 17.9 Å². The number of benzene rings is 2. The summed E-state index contributed by atoms with van der Waals surface area (Å²) in [6.07, 6.45) is -1.26. The number of fused-ring (bicyclic) bond motifs is 2. The van der Waals surface area contributed by atoms with E-state index in [9.17, 15) is 14.7 Å². The minimum Gasteiger partial charge on any atom is -0.457 e. The number of aromatic nitrogens is 1. The van der Waals surface area contributed by atoms with Crippen LogP contribution in [0.1, 0.15) is 31.1 Å². The number of aliphatic hydroxyl groups is 1. The SMILES string of the molecule is CCOC(O)COC(=O)c1c(-c2nc3ccccc3s2)c(=O)oc2cc(N(CC)CC)ccc12. The van der Waals surface area contributed by atoms with E-state index >= 15 is 0 Å². The fourth-order valence-corrected chi connectivity index (χ4v) is 4.82. The van der Waals surface area contributed by atoms with Gasteiger partial charge in [-0.2, -0.15) is 0 Å². The third-order valence-electron chi connectivity index (χ3n) is 5.45. The van der Waals surface area contributed by atoms with Crippen LogP contribution in [0.2, 0.25) is 0 Å². The Balaban J connectivity index is 1.89. The molecular weight excluding hydrogens is 456 g/mol. The van der Waals surface area contributed by atoms with Crippen LogP contribution in [0, 0.1) is 0 Å². The number of thiazole rings is 1. The number of para-hydroxylation sites is 1. The second-order valence-corrected chi connectivity index (χ2v) is 8.52. The number of anilines is 1. The van der Waals surface area contributed by atoms with E-state index in [-0.39, 0.29) is 29.9 Å². The molecule has 9 heteroatoms. The first-order valence-electron chi connectivity index (χ1n) is 11.1. The molecule has 178 valence electrons. The molecule has 0 aliphatic carbocycles. The number of rotatable bonds is 9. The van der Waals surface area contributed by atoms with Gasteiger partial charge in [-0.1, -0.05) is 12.1 Å². The van der Waals surface area contributed by atoms with Gasteiger partial charge in [0.05, 0.1) is 15.8 Å². The lowest BCUT2D eigenvalue weighted by Crippen LogP contribution is -2.23. The monoisotopic (exact) mass is 482 g/mol. The van der Waals surface area contributed by atoms with Gasteiger partial charge in [0.15, 0.2) is 6.29 Å². The zero-order valence-electron chi connectivity index (χ0n) is 19.2. The summed E-state index contributed by atoms with van der Waals surface area (Å²) >= 11 is 1.29. The van der Waals surface area contributed by atoms with Crippen molar-refractivity contribution >= 4 is 44.2 Å². The Bertz CT molecular complexity index is 1340. The van der Waals surface area contributed by atoms with Gasteiger partial charge in [-0.05, 0) is 45.0 Å². The van der Waals surface area contributed by atoms with E-state index in [2.05, 4.69) is 9.88 Å². The summed E-state index contributed by atoms with van der Waals surface area (Å²) in [7, 11) is 0. The van der Waals surface area contributed by atoms with Crippen molar-refractivity contribution in [3.63, 3.8) is 0 Å². The quantitative estimate of drug-likeness (QED) is 0.212. The van der Waals surface area contributed by atoms with Crippen LogP contribution < -0.4 is 10.5 Å². The number of hydrogen-bond donors (Lipinski definition) is 1. The molecule has 0 saturated carbocycles. The molecule has 8 nitrogen and oxygen atoms in total. The summed E-state index contributed by atoms with van der Waals surface area (Å²) in [5.74, 6) is -0.763. The lowest BCUT2D eigenvalue weighted by atomic mass is 10.0. The standard InChI is InChI=1S/C25H26N2O6S/c1-4-27(5-2)15-11-12-16-18(13-15)33-25(30)22(21(16)24(29)32-14-20(28)31-6-3)23-26-17-9-7-8-10-19(17)34-23/h7-13,20,28H,4-6,14H2,1-3H3. The predicted octanol–water partition coefficient (Wildman–Crippen LogP) is 4.43. The number of hydrogen-bond acceptors (Lipinski definition) is 9. The predicted molar refractivity (Wildman–Crippen MR) is 133 cm³/mol. The average Bonchev–Trinajstić information content (AvgIpc) is 3.26. The summed E-state index contributed by atoms with van der Waals surface area (Å²) < 4.78 is 16.9. The molecule has 0 saturated heterocycles. The van der Waals surface area contributed by atoms with Crippen molar-refractivity contribution in [2.75, 3.05) is 31.2 Å². The number of ether oxygens (including phenoxy) is 2. The van der Waals surface area contributed by atoms with Gasteiger partial charge >= 0.3 is 11.6 Å². The van der Waals surface area contributed by atoms with Crippen LogP contribution in [0.4, 0.5) is 5.69 Å². The highest BCUT2D eigenvalue weighted by molar-refractivity contribution is 7.21. The molecule has 34 heavy (non-hydrogen) atoms. The van der Waals surface area contributed by atoms with Crippen LogP contribution in [-0.4, -0.2) is 48.7 Å². The van der Waals surface area contributed by atoms with Crippen molar-refractivity contribution in [2.24, 2.45) is 0 Å². The van der Waals surface area contributed by atoms with Crippen LogP contribution in [0.15, 0.2) is 51.7 Å². The van der Waals surface area contributed by atoms with E-state index in [1.54, 1.807) is 19.1 Å². The first kappa shape index (κ1) is 23.9. The molecule has 0 amide bonds. The van der Waals surface area contributed by atoms with Crippen LogP contribution >= 0.6 is 11.3 Å². The van der Waals surface area contributed by atoms with Crippen molar-refractivity contribution in [3.8, 4) is 10.6 Å². The molecule has 2 heterocycles. The number of carbonyl (C=O) groups excluding carboxylic acids is 1. The molecule has 0 aliphatic heterocycles. The van der Waals surface area contributed by atoms with E-state index in [0.29, 0.717) is 15.9 Å². The molecule has 0 radical (unpaired) electrons. The van der Waals surface area contributed by atoms with Gasteiger partial charge in [0, 0.05) is 36.8 Å². The highest BCUT2D eigenvalue weighted by Gasteiger charge is 2.26.